The van der Waals surface area contributed by atoms with Crippen molar-refractivity contribution in [3.05, 3.63) is 18.2 Å². The molecule has 0 bridgehead atoms. The highest BCUT2D eigenvalue weighted by atomic mass is 19.4. The van der Waals surface area contributed by atoms with Gasteiger partial charge in [-0.25, -0.2) is 4.98 Å². The minimum absolute atomic E-state index is 0.124. The van der Waals surface area contributed by atoms with Gasteiger partial charge in [-0.3, -0.25) is 4.79 Å². The van der Waals surface area contributed by atoms with Gasteiger partial charge in [-0.15, -0.1) is 0 Å². The second kappa shape index (κ2) is 6.39. The Kier molecular flexibility index (Phi) is 5.14. The average molecular weight is 265 g/mol. The normalized spacial score (nSPS) is 13.3. The summed E-state index contributed by atoms with van der Waals surface area (Å²) >= 11 is 0. The molecule has 2 N–H and O–H groups in total. The number of nitrogens with zero attached hydrogens (tertiary/aromatic N) is 1. The molecule has 1 aromatic heterocycles. The Labute approximate surface area is 102 Å². The Hall–Kier alpha value is -1.57. The zero-order chi connectivity index (χ0) is 13.6. The van der Waals surface area contributed by atoms with Gasteiger partial charge in [-0.2, -0.15) is 13.2 Å². The van der Waals surface area contributed by atoms with Crippen molar-refractivity contribution >= 4 is 5.91 Å². The quantitative estimate of drug-likeness (QED) is 0.767. The van der Waals surface area contributed by atoms with E-state index in [1.54, 1.807) is 19.3 Å². The van der Waals surface area contributed by atoms with E-state index in [0.29, 0.717) is 5.82 Å². The van der Waals surface area contributed by atoms with Crippen LogP contribution in [0.1, 0.15) is 25.2 Å². The molecule has 8 heteroatoms. The molecule has 0 aliphatic rings. The number of H-pyrrole nitrogens is 1. The van der Waals surface area contributed by atoms with Crippen molar-refractivity contribution < 1.29 is 22.7 Å². The smallest absolute Gasteiger partial charge is 0.372 e. The largest absolute Gasteiger partial charge is 0.411 e. The second-order valence-corrected chi connectivity index (χ2v) is 3.68. The molecule has 0 spiro atoms. The lowest BCUT2D eigenvalue weighted by atomic mass is 10.3. The van der Waals surface area contributed by atoms with E-state index in [2.05, 4.69) is 20.0 Å². The summed E-state index contributed by atoms with van der Waals surface area (Å²) in [6.45, 7) is 0.109. The third-order valence-corrected chi connectivity index (χ3v) is 2.05. The fourth-order valence-electron chi connectivity index (χ4n) is 1.25. The van der Waals surface area contributed by atoms with Crippen LogP contribution in [0.25, 0.3) is 0 Å². The monoisotopic (exact) mass is 265 g/mol. The maximum absolute atomic E-state index is 11.7. The molecule has 0 saturated carbocycles. The maximum atomic E-state index is 11.7. The third-order valence-electron chi connectivity index (χ3n) is 2.05. The van der Waals surface area contributed by atoms with Crippen LogP contribution in [-0.4, -0.2) is 35.3 Å². The minimum atomic E-state index is -4.36. The van der Waals surface area contributed by atoms with Gasteiger partial charge < -0.3 is 15.0 Å². The van der Waals surface area contributed by atoms with E-state index in [0.717, 1.165) is 0 Å². The number of aromatic amines is 1. The standard InChI is InChI=1S/C10H14F3N3O2/c1-7(9-14-3-4-15-9)16-8(17)2-5-18-6-10(11,12)13/h3-4,7H,2,5-6H2,1H3,(H,14,15)(H,16,17). The van der Waals surface area contributed by atoms with Crippen LogP contribution in [0.5, 0.6) is 0 Å². The van der Waals surface area contributed by atoms with Crippen LogP contribution in [0.3, 0.4) is 0 Å². The minimum Gasteiger partial charge on any atom is -0.372 e. The van der Waals surface area contributed by atoms with Gasteiger partial charge >= 0.3 is 6.18 Å². The van der Waals surface area contributed by atoms with Gasteiger partial charge in [0.1, 0.15) is 12.4 Å². The van der Waals surface area contributed by atoms with Crippen LogP contribution in [0, 0.1) is 0 Å². The van der Waals surface area contributed by atoms with Crippen molar-refractivity contribution in [2.75, 3.05) is 13.2 Å². The average Bonchev–Trinajstić information content (AvgIpc) is 2.76. The number of amides is 1. The lowest BCUT2D eigenvalue weighted by molar-refractivity contribution is -0.174. The molecule has 1 atom stereocenters. The molecule has 0 aliphatic heterocycles. The van der Waals surface area contributed by atoms with E-state index in [1.165, 1.54) is 0 Å². The molecule has 5 nitrogen and oxygen atoms in total. The fraction of sp³-hybridized carbons (Fsp3) is 0.600. The van der Waals surface area contributed by atoms with Gasteiger partial charge in [0.2, 0.25) is 5.91 Å². The van der Waals surface area contributed by atoms with Crippen molar-refractivity contribution in [2.24, 2.45) is 0 Å². The number of hydrogen-bond acceptors (Lipinski definition) is 3. The van der Waals surface area contributed by atoms with Crippen molar-refractivity contribution in [1.82, 2.24) is 15.3 Å². The van der Waals surface area contributed by atoms with Gasteiger partial charge in [-0.1, -0.05) is 0 Å². The molecule has 102 valence electrons. The van der Waals surface area contributed by atoms with E-state index in [4.69, 9.17) is 0 Å². The van der Waals surface area contributed by atoms with Crippen LogP contribution in [0.2, 0.25) is 0 Å². The van der Waals surface area contributed by atoms with E-state index in [9.17, 15) is 18.0 Å². The van der Waals surface area contributed by atoms with E-state index in [-0.39, 0.29) is 25.0 Å². The van der Waals surface area contributed by atoms with Crippen molar-refractivity contribution in [3.8, 4) is 0 Å². The Morgan fingerprint density at radius 2 is 2.33 bits per heavy atom. The summed E-state index contributed by atoms with van der Waals surface area (Å²) in [6.07, 6.45) is -1.33. The zero-order valence-corrected chi connectivity index (χ0v) is 9.75. The number of aromatic nitrogens is 2. The molecular formula is C10H14F3N3O2. The number of imidazole rings is 1. The maximum Gasteiger partial charge on any atom is 0.411 e. The molecule has 1 aromatic rings. The Balaban J connectivity index is 2.18. The zero-order valence-electron chi connectivity index (χ0n) is 9.75. The number of halogens is 3. The number of alkyl halides is 3. The summed E-state index contributed by atoms with van der Waals surface area (Å²) in [7, 11) is 0. The van der Waals surface area contributed by atoms with Gasteiger partial charge in [-0.05, 0) is 6.92 Å². The lowest BCUT2D eigenvalue weighted by Gasteiger charge is -2.12. The number of hydrogen-bond donors (Lipinski definition) is 2. The highest BCUT2D eigenvalue weighted by Gasteiger charge is 2.27. The molecule has 1 unspecified atom stereocenters. The number of ether oxygens (including phenoxy) is 1. The van der Waals surface area contributed by atoms with Crippen molar-refractivity contribution in [3.63, 3.8) is 0 Å². The summed E-state index contributed by atoms with van der Waals surface area (Å²) in [5, 5.41) is 2.59. The van der Waals surface area contributed by atoms with Crippen molar-refractivity contribution in [2.45, 2.75) is 25.6 Å². The van der Waals surface area contributed by atoms with Crippen LogP contribution >= 0.6 is 0 Å². The predicted molar refractivity (Wildman–Crippen MR) is 56.6 cm³/mol. The number of carbonyl (C=O) groups is 1. The molecule has 0 aliphatic carbocycles. The molecule has 18 heavy (non-hydrogen) atoms. The van der Waals surface area contributed by atoms with E-state index in [1.807, 2.05) is 0 Å². The summed E-state index contributed by atoms with van der Waals surface area (Å²) in [5.41, 5.74) is 0. The van der Waals surface area contributed by atoms with Gasteiger partial charge in [0, 0.05) is 18.8 Å². The van der Waals surface area contributed by atoms with Gasteiger partial charge in [0.15, 0.2) is 0 Å². The van der Waals surface area contributed by atoms with Crippen LogP contribution in [-0.2, 0) is 9.53 Å². The molecule has 0 aromatic carbocycles. The Bertz CT molecular complexity index is 365. The Morgan fingerprint density at radius 3 is 2.89 bits per heavy atom. The van der Waals surface area contributed by atoms with Crippen molar-refractivity contribution in [1.29, 1.82) is 0 Å². The fourth-order valence-corrected chi connectivity index (χ4v) is 1.25. The number of nitrogens with one attached hydrogen (secondary N) is 2. The number of rotatable bonds is 6. The third kappa shape index (κ3) is 5.67. The predicted octanol–water partition coefficient (Wildman–Crippen LogP) is 1.56. The summed E-state index contributed by atoms with van der Waals surface area (Å²) in [6, 6.07) is -0.324. The molecule has 0 fully saturated rings. The topological polar surface area (TPSA) is 67.0 Å². The van der Waals surface area contributed by atoms with Gasteiger partial charge in [0.05, 0.1) is 12.6 Å². The van der Waals surface area contributed by atoms with E-state index < -0.39 is 12.8 Å². The van der Waals surface area contributed by atoms with Crippen LogP contribution in [0.4, 0.5) is 13.2 Å². The lowest BCUT2D eigenvalue weighted by Crippen LogP contribution is -2.28. The van der Waals surface area contributed by atoms with Gasteiger partial charge in [0.25, 0.3) is 0 Å². The first-order chi connectivity index (χ1) is 8.38. The first-order valence-corrected chi connectivity index (χ1v) is 5.31. The molecule has 0 saturated heterocycles. The van der Waals surface area contributed by atoms with Crippen LogP contribution < -0.4 is 5.32 Å². The summed E-state index contributed by atoms with van der Waals surface area (Å²) < 4.78 is 39.5. The highest BCUT2D eigenvalue weighted by Crippen LogP contribution is 2.14. The molecule has 0 radical (unpaired) electrons. The molecule has 1 heterocycles. The first kappa shape index (κ1) is 14.5. The first-order valence-electron chi connectivity index (χ1n) is 5.31. The highest BCUT2D eigenvalue weighted by molar-refractivity contribution is 5.76. The van der Waals surface area contributed by atoms with Crippen LogP contribution in [0.15, 0.2) is 12.4 Å². The number of carbonyl (C=O) groups excluding carboxylic acids is 1. The Morgan fingerprint density at radius 1 is 1.61 bits per heavy atom. The molecule has 1 amide bonds. The second-order valence-electron chi connectivity index (χ2n) is 3.68. The summed E-state index contributed by atoms with van der Waals surface area (Å²) in [5.74, 6) is 0.195. The van der Waals surface area contributed by atoms with E-state index >= 15 is 0 Å². The molecule has 1 rings (SSSR count). The molecular weight excluding hydrogens is 251 g/mol. The summed E-state index contributed by atoms with van der Waals surface area (Å²) in [4.78, 5) is 18.1. The SMILES string of the molecule is CC(NC(=O)CCOCC(F)(F)F)c1ncc[nH]1.